The summed E-state index contributed by atoms with van der Waals surface area (Å²) in [6.07, 6.45) is 1.45. The van der Waals surface area contributed by atoms with Crippen LogP contribution in [0.25, 0.3) is 6.08 Å². The lowest BCUT2D eigenvalue weighted by Crippen LogP contribution is -2.35. The van der Waals surface area contributed by atoms with E-state index in [-0.39, 0.29) is 23.1 Å². The number of anilines is 1. The summed E-state index contributed by atoms with van der Waals surface area (Å²) >= 11 is 5.73. The Labute approximate surface area is 146 Å². The van der Waals surface area contributed by atoms with Crippen molar-refractivity contribution < 1.29 is 23.5 Å². The maximum absolute atomic E-state index is 13.3. The number of amides is 2. The fourth-order valence-electron chi connectivity index (χ4n) is 2.53. The number of nitrogens with one attached hydrogen (secondary N) is 1. The number of halogens is 2. The molecule has 2 aromatic rings. The molecule has 8 heteroatoms. The van der Waals surface area contributed by atoms with Crippen LogP contribution in [-0.4, -0.2) is 18.6 Å². The Kier molecular flexibility index (Phi) is 3.58. The van der Waals surface area contributed by atoms with Gasteiger partial charge in [-0.1, -0.05) is 17.7 Å². The molecule has 0 aliphatic carbocycles. The second-order valence-electron chi connectivity index (χ2n) is 5.35. The minimum atomic E-state index is -0.612. The van der Waals surface area contributed by atoms with Crippen LogP contribution in [0.5, 0.6) is 11.5 Å². The van der Waals surface area contributed by atoms with E-state index >= 15 is 0 Å². The summed E-state index contributed by atoms with van der Waals surface area (Å²) in [7, 11) is 0. The van der Waals surface area contributed by atoms with Crippen molar-refractivity contribution in [1.29, 1.82) is 0 Å². The van der Waals surface area contributed by atoms with Crippen LogP contribution in [0.15, 0.2) is 42.0 Å². The number of carbonyl (C=O) groups is 2. The molecule has 1 N–H and O–H groups in total. The molecule has 2 aromatic carbocycles. The number of ether oxygens (including phenoxy) is 2. The van der Waals surface area contributed by atoms with E-state index in [1.807, 2.05) is 0 Å². The zero-order valence-corrected chi connectivity index (χ0v) is 13.3. The van der Waals surface area contributed by atoms with Crippen LogP contribution < -0.4 is 19.9 Å². The minimum Gasteiger partial charge on any atom is -0.454 e. The van der Waals surface area contributed by atoms with Gasteiger partial charge in [0, 0.05) is 0 Å². The Hall–Kier alpha value is -3.06. The summed E-state index contributed by atoms with van der Waals surface area (Å²) < 4.78 is 23.8. The van der Waals surface area contributed by atoms with Gasteiger partial charge in [-0.2, -0.15) is 0 Å². The molecule has 0 saturated carbocycles. The van der Waals surface area contributed by atoms with Crippen LogP contribution in [0.3, 0.4) is 0 Å². The van der Waals surface area contributed by atoms with Gasteiger partial charge in [0.2, 0.25) is 6.79 Å². The molecule has 1 fully saturated rings. The van der Waals surface area contributed by atoms with Gasteiger partial charge in [0.15, 0.2) is 11.5 Å². The highest BCUT2D eigenvalue weighted by molar-refractivity contribution is 6.33. The smallest absolute Gasteiger partial charge is 0.282 e. The summed E-state index contributed by atoms with van der Waals surface area (Å²) in [6.45, 7) is 0.133. The second-order valence-corrected chi connectivity index (χ2v) is 5.76. The molecule has 2 aliphatic heterocycles. The Morgan fingerprint density at radius 1 is 1.12 bits per heavy atom. The molecule has 0 unspecified atom stereocenters. The van der Waals surface area contributed by atoms with Crippen LogP contribution in [0.4, 0.5) is 10.1 Å². The monoisotopic (exact) mass is 360 g/mol. The van der Waals surface area contributed by atoms with Crippen molar-refractivity contribution in [3.63, 3.8) is 0 Å². The SMILES string of the molecule is O=C1NN(c2ccc(F)c(Cl)c2)C(=O)C1=Cc1ccc2c(c1)OCO2. The third-order valence-electron chi connectivity index (χ3n) is 3.76. The highest BCUT2D eigenvalue weighted by atomic mass is 35.5. The van der Waals surface area contributed by atoms with Crippen molar-refractivity contribution in [1.82, 2.24) is 5.43 Å². The quantitative estimate of drug-likeness (QED) is 0.660. The first-order valence-electron chi connectivity index (χ1n) is 7.25. The molecule has 0 atom stereocenters. The van der Waals surface area contributed by atoms with Gasteiger partial charge < -0.3 is 9.47 Å². The first kappa shape index (κ1) is 15.5. The Morgan fingerprint density at radius 3 is 2.72 bits per heavy atom. The molecule has 0 spiro atoms. The summed E-state index contributed by atoms with van der Waals surface area (Å²) in [5.74, 6) is -0.595. The van der Waals surface area contributed by atoms with Gasteiger partial charge in [-0.3, -0.25) is 15.0 Å². The third kappa shape index (κ3) is 2.68. The molecule has 0 radical (unpaired) electrons. The van der Waals surface area contributed by atoms with E-state index in [0.29, 0.717) is 17.1 Å². The molecule has 126 valence electrons. The molecule has 0 aromatic heterocycles. The number of hydrogen-bond acceptors (Lipinski definition) is 4. The number of benzene rings is 2. The normalized spacial score (nSPS) is 17.4. The lowest BCUT2D eigenvalue weighted by Gasteiger charge is -2.14. The number of fused-ring (bicyclic) bond motifs is 1. The van der Waals surface area contributed by atoms with Gasteiger partial charge in [-0.25, -0.2) is 9.40 Å². The molecule has 4 rings (SSSR count). The van der Waals surface area contributed by atoms with Crippen LogP contribution in [-0.2, 0) is 9.59 Å². The number of hydrogen-bond donors (Lipinski definition) is 1. The fourth-order valence-corrected chi connectivity index (χ4v) is 2.71. The molecule has 25 heavy (non-hydrogen) atoms. The zero-order valence-electron chi connectivity index (χ0n) is 12.6. The Morgan fingerprint density at radius 2 is 1.92 bits per heavy atom. The average Bonchev–Trinajstić information content (AvgIpc) is 3.16. The molecule has 0 bridgehead atoms. The van der Waals surface area contributed by atoms with Crippen molar-refractivity contribution in [2.24, 2.45) is 0 Å². The molecule has 1 saturated heterocycles. The van der Waals surface area contributed by atoms with Crippen molar-refractivity contribution in [2.75, 3.05) is 11.8 Å². The largest absolute Gasteiger partial charge is 0.454 e. The van der Waals surface area contributed by atoms with Crippen LogP contribution >= 0.6 is 11.6 Å². The van der Waals surface area contributed by atoms with Crippen LogP contribution in [0, 0.1) is 5.82 Å². The standard InChI is InChI=1S/C17H10ClFN2O4/c18-12-7-10(2-3-13(12)19)21-17(23)11(16(22)20-21)5-9-1-4-14-15(6-9)25-8-24-14/h1-7H,8H2,(H,20,22). The van der Waals surface area contributed by atoms with Gasteiger partial charge in [-0.05, 0) is 42.0 Å². The second kappa shape index (κ2) is 5.78. The third-order valence-corrected chi connectivity index (χ3v) is 4.05. The summed E-state index contributed by atoms with van der Waals surface area (Å²) in [5, 5.41) is 0.875. The highest BCUT2D eigenvalue weighted by Gasteiger charge is 2.34. The molecular formula is C17H10ClFN2O4. The summed E-state index contributed by atoms with van der Waals surface area (Å²) in [5.41, 5.74) is 3.25. The number of nitrogens with zero attached hydrogens (tertiary/aromatic N) is 1. The molecule has 2 aliphatic rings. The van der Waals surface area contributed by atoms with E-state index in [4.69, 9.17) is 21.1 Å². The van der Waals surface area contributed by atoms with Crippen molar-refractivity contribution in [3.05, 3.63) is 58.4 Å². The van der Waals surface area contributed by atoms with Crippen molar-refractivity contribution in [2.45, 2.75) is 0 Å². The molecule has 2 heterocycles. The molecular weight excluding hydrogens is 351 g/mol. The fraction of sp³-hybridized carbons (Fsp3) is 0.0588. The van der Waals surface area contributed by atoms with Crippen LogP contribution in [0.2, 0.25) is 5.02 Å². The topological polar surface area (TPSA) is 67.9 Å². The summed E-state index contributed by atoms with van der Waals surface area (Å²) in [6, 6.07) is 8.81. The van der Waals surface area contributed by atoms with E-state index in [2.05, 4.69) is 5.43 Å². The Balaban J connectivity index is 1.66. The first-order valence-corrected chi connectivity index (χ1v) is 7.62. The van der Waals surface area contributed by atoms with E-state index in [0.717, 1.165) is 11.1 Å². The van der Waals surface area contributed by atoms with Gasteiger partial charge in [-0.15, -0.1) is 0 Å². The number of rotatable bonds is 2. The van der Waals surface area contributed by atoms with Gasteiger partial charge in [0.25, 0.3) is 11.8 Å². The predicted molar refractivity (Wildman–Crippen MR) is 87.6 cm³/mol. The van der Waals surface area contributed by atoms with E-state index in [1.54, 1.807) is 18.2 Å². The number of hydrazine groups is 1. The minimum absolute atomic E-state index is 0.0562. The maximum atomic E-state index is 13.3. The van der Waals surface area contributed by atoms with Crippen molar-refractivity contribution >= 4 is 35.2 Å². The Bertz CT molecular complexity index is 944. The van der Waals surface area contributed by atoms with E-state index < -0.39 is 17.6 Å². The molecule has 2 amide bonds. The van der Waals surface area contributed by atoms with E-state index in [9.17, 15) is 14.0 Å². The first-order chi connectivity index (χ1) is 12.0. The zero-order chi connectivity index (χ0) is 17.6. The lowest BCUT2D eigenvalue weighted by atomic mass is 10.1. The predicted octanol–water partition coefficient (Wildman–Crippen LogP) is 2.67. The van der Waals surface area contributed by atoms with Gasteiger partial charge >= 0.3 is 0 Å². The average molecular weight is 361 g/mol. The molecule has 6 nitrogen and oxygen atoms in total. The van der Waals surface area contributed by atoms with E-state index in [1.165, 1.54) is 18.2 Å². The van der Waals surface area contributed by atoms with Crippen molar-refractivity contribution in [3.8, 4) is 11.5 Å². The maximum Gasteiger partial charge on any atom is 0.282 e. The number of carbonyl (C=O) groups excluding carboxylic acids is 2. The van der Waals surface area contributed by atoms with Gasteiger partial charge in [0.1, 0.15) is 11.4 Å². The van der Waals surface area contributed by atoms with Gasteiger partial charge in [0.05, 0.1) is 10.7 Å². The van der Waals surface area contributed by atoms with Crippen LogP contribution in [0.1, 0.15) is 5.56 Å². The lowest BCUT2D eigenvalue weighted by molar-refractivity contribution is -0.117. The summed E-state index contributed by atoms with van der Waals surface area (Å²) in [4.78, 5) is 24.7. The highest BCUT2D eigenvalue weighted by Crippen LogP contribution is 2.33.